The molecule has 0 radical (unpaired) electrons. The fourth-order valence-corrected chi connectivity index (χ4v) is 2.37. The highest BCUT2D eigenvalue weighted by molar-refractivity contribution is 5.94. The van der Waals surface area contributed by atoms with Crippen LogP contribution in [0.3, 0.4) is 0 Å². The van der Waals surface area contributed by atoms with Crippen LogP contribution in [0.2, 0.25) is 0 Å². The lowest BCUT2D eigenvalue weighted by atomic mass is 9.96. The predicted octanol–water partition coefficient (Wildman–Crippen LogP) is 2.02. The second-order valence-electron chi connectivity index (χ2n) is 4.86. The highest BCUT2D eigenvalue weighted by Gasteiger charge is 2.27. The molecule has 0 bridgehead atoms. The molecule has 0 aromatic heterocycles. The molecule has 0 saturated carbocycles. The molecular formula is C15H19NO4. The summed E-state index contributed by atoms with van der Waals surface area (Å²) in [5.74, 6) is -0.386. The Morgan fingerprint density at radius 2 is 1.85 bits per heavy atom. The van der Waals surface area contributed by atoms with Crippen LogP contribution in [0.1, 0.15) is 30.1 Å². The van der Waals surface area contributed by atoms with E-state index in [0.29, 0.717) is 38.1 Å². The Hall–Kier alpha value is -2.04. The van der Waals surface area contributed by atoms with E-state index in [0.717, 1.165) is 5.75 Å². The van der Waals surface area contributed by atoms with Crippen LogP contribution < -0.4 is 4.74 Å². The number of hydrogen-bond donors (Lipinski definition) is 1. The van der Waals surface area contributed by atoms with Crippen molar-refractivity contribution < 1.29 is 19.4 Å². The standard InChI is InChI=1S/C15H19NO4/c1-2-20-13-5-3-11(4-6-13)14(17)16-9-7-12(8-10-16)15(18)19/h3-6,12H,2,7-10H2,1H3,(H,18,19). The molecule has 1 aromatic rings. The van der Waals surface area contributed by atoms with E-state index in [1.165, 1.54) is 0 Å². The second kappa shape index (κ2) is 6.41. The number of hydrogen-bond acceptors (Lipinski definition) is 3. The number of nitrogens with zero attached hydrogens (tertiary/aromatic N) is 1. The smallest absolute Gasteiger partial charge is 0.306 e. The molecule has 5 nitrogen and oxygen atoms in total. The minimum absolute atomic E-state index is 0.0445. The predicted molar refractivity (Wildman–Crippen MR) is 73.9 cm³/mol. The summed E-state index contributed by atoms with van der Waals surface area (Å²) in [5.41, 5.74) is 0.613. The number of carbonyl (C=O) groups is 2. The van der Waals surface area contributed by atoms with Crippen molar-refractivity contribution in [2.45, 2.75) is 19.8 Å². The third-order valence-electron chi connectivity index (χ3n) is 3.54. The van der Waals surface area contributed by atoms with Gasteiger partial charge in [0, 0.05) is 18.7 Å². The highest BCUT2D eigenvalue weighted by Crippen LogP contribution is 2.20. The average molecular weight is 277 g/mol. The normalized spacial score (nSPS) is 15.9. The Labute approximate surface area is 118 Å². The molecule has 2 rings (SSSR count). The van der Waals surface area contributed by atoms with Crippen LogP contribution in [0, 0.1) is 5.92 Å². The number of rotatable bonds is 4. The van der Waals surface area contributed by atoms with Gasteiger partial charge in [-0.2, -0.15) is 0 Å². The highest BCUT2D eigenvalue weighted by atomic mass is 16.5. The summed E-state index contributed by atoms with van der Waals surface area (Å²) in [7, 11) is 0. The van der Waals surface area contributed by atoms with Crippen LogP contribution in [0.4, 0.5) is 0 Å². The molecule has 0 aliphatic carbocycles. The minimum atomic E-state index is -0.766. The Morgan fingerprint density at radius 1 is 1.25 bits per heavy atom. The van der Waals surface area contributed by atoms with Gasteiger partial charge in [0.1, 0.15) is 5.75 Å². The van der Waals surface area contributed by atoms with E-state index in [2.05, 4.69) is 0 Å². The van der Waals surface area contributed by atoms with Gasteiger partial charge in [-0.25, -0.2) is 0 Å². The van der Waals surface area contributed by atoms with Gasteiger partial charge in [0.25, 0.3) is 5.91 Å². The zero-order valence-electron chi connectivity index (χ0n) is 11.5. The van der Waals surface area contributed by atoms with Gasteiger partial charge in [0.15, 0.2) is 0 Å². The number of carbonyl (C=O) groups excluding carboxylic acids is 1. The maximum atomic E-state index is 12.3. The quantitative estimate of drug-likeness (QED) is 0.914. The number of carboxylic acids is 1. The van der Waals surface area contributed by atoms with Crippen LogP contribution >= 0.6 is 0 Å². The van der Waals surface area contributed by atoms with Gasteiger partial charge >= 0.3 is 5.97 Å². The lowest BCUT2D eigenvalue weighted by molar-refractivity contribution is -0.143. The van der Waals surface area contributed by atoms with Crippen LogP contribution in [0.15, 0.2) is 24.3 Å². The second-order valence-corrected chi connectivity index (χ2v) is 4.86. The molecule has 1 aromatic carbocycles. The summed E-state index contributed by atoms with van der Waals surface area (Å²) in [5, 5.41) is 8.94. The van der Waals surface area contributed by atoms with Crippen molar-refractivity contribution in [2.75, 3.05) is 19.7 Å². The molecule has 1 aliphatic heterocycles. The summed E-state index contributed by atoms with van der Waals surface area (Å²) >= 11 is 0. The van der Waals surface area contributed by atoms with Crippen molar-refractivity contribution in [2.24, 2.45) is 5.92 Å². The van der Waals surface area contributed by atoms with E-state index in [4.69, 9.17) is 9.84 Å². The molecular weight excluding hydrogens is 258 g/mol. The number of ether oxygens (including phenoxy) is 1. The Kier molecular flexibility index (Phi) is 4.61. The topological polar surface area (TPSA) is 66.8 Å². The molecule has 5 heteroatoms. The van der Waals surface area contributed by atoms with Crippen LogP contribution in [0.25, 0.3) is 0 Å². The van der Waals surface area contributed by atoms with E-state index < -0.39 is 5.97 Å². The lowest BCUT2D eigenvalue weighted by Crippen LogP contribution is -2.40. The summed E-state index contributed by atoms with van der Waals surface area (Å²) < 4.78 is 5.34. The van der Waals surface area contributed by atoms with Crippen molar-refractivity contribution in [1.29, 1.82) is 0 Å². The Balaban J connectivity index is 1.96. The molecule has 108 valence electrons. The molecule has 1 heterocycles. The molecule has 1 aliphatic rings. The monoisotopic (exact) mass is 277 g/mol. The van der Waals surface area contributed by atoms with Crippen molar-refractivity contribution in [3.8, 4) is 5.75 Å². The summed E-state index contributed by atoms with van der Waals surface area (Å²) in [4.78, 5) is 24.9. The summed E-state index contributed by atoms with van der Waals surface area (Å²) in [6.07, 6.45) is 1.05. The average Bonchev–Trinajstić information content (AvgIpc) is 2.48. The van der Waals surface area contributed by atoms with E-state index in [1.807, 2.05) is 6.92 Å². The molecule has 0 spiro atoms. The first-order valence-electron chi connectivity index (χ1n) is 6.86. The van der Waals surface area contributed by atoms with Gasteiger partial charge in [-0.1, -0.05) is 0 Å². The zero-order chi connectivity index (χ0) is 14.5. The third kappa shape index (κ3) is 3.29. The maximum absolute atomic E-state index is 12.3. The SMILES string of the molecule is CCOc1ccc(C(=O)N2CCC(C(=O)O)CC2)cc1. The fourth-order valence-electron chi connectivity index (χ4n) is 2.37. The third-order valence-corrected chi connectivity index (χ3v) is 3.54. The number of piperidine rings is 1. The van der Waals surface area contributed by atoms with Crippen molar-refractivity contribution in [3.63, 3.8) is 0 Å². The zero-order valence-corrected chi connectivity index (χ0v) is 11.5. The van der Waals surface area contributed by atoms with Crippen molar-refractivity contribution in [1.82, 2.24) is 4.90 Å². The first kappa shape index (κ1) is 14.4. The van der Waals surface area contributed by atoms with Gasteiger partial charge < -0.3 is 14.7 Å². The number of carboxylic acid groups (broad SMARTS) is 1. The first-order chi connectivity index (χ1) is 9.61. The fraction of sp³-hybridized carbons (Fsp3) is 0.467. The molecule has 1 fully saturated rings. The Morgan fingerprint density at radius 3 is 2.35 bits per heavy atom. The number of likely N-dealkylation sites (tertiary alicyclic amines) is 1. The van der Waals surface area contributed by atoms with E-state index >= 15 is 0 Å². The van der Waals surface area contributed by atoms with E-state index in [-0.39, 0.29) is 11.8 Å². The number of benzene rings is 1. The lowest BCUT2D eigenvalue weighted by Gasteiger charge is -2.30. The van der Waals surface area contributed by atoms with Crippen LogP contribution in [0.5, 0.6) is 5.75 Å². The first-order valence-corrected chi connectivity index (χ1v) is 6.86. The van der Waals surface area contributed by atoms with E-state index in [1.54, 1.807) is 29.2 Å². The largest absolute Gasteiger partial charge is 0.494 e. The summed E-state index contributed by atoms with van der Waals surface area (Å²) in [6.45, 7) is 3.51. The van der Waals surface area contributed by atoms with Crippen LogP contribution in [-0.4, -0.2) is 41.6 Å². The number of amides is 1. The van der Waals surface area contributed by atoms with Gasteiger partial charge in [-0.15, -0.1) is 0 Å². The van der Waals surface area contributed by atoms with Gasteiger partial charge in [0.2, 0.25) is 0 Å². The molecule has 0 atom stereocenters. The van der Waals surface area contributed by atoms with Crippen molar-refractivity contribution >= 4 is 11.9 Å². The Bertz CT molecular complexity index is 475. The van der Waals surface area contributed by atoms with Crippen molar-refractivity contribution in [3.05, 3.63) is 29.8 Å². The summed E-state index contributed by atoms with van der Waals surface area (Å²) in [6, 6.07) is 7.05. The maximum Gasteiger partial charge on any atom is 0.306 e. The molecule has 20 heavy (non-hydrogen) atoms. The van der Waals surface area contributed by atoms with Gasteiger partial charge in [-0.3, -0.25) is 9.59 Å². The molecule has 0 unspecified atom stereocenters. The van der Waals surface area contributed by atoms with E-state index in [9.17, 15) is 9.59 Å². The molecule has 1 amide bonds. The van der Waals surface area contributed by atoms with Gasteiger partial charge in [-0.05, 0) is 44.0 Å². The molecule has 1 N–H and O–H groups in total. The molecule has 1 saturated heterocycles. The number of aliphatic carboxylic acids is 1. The van der Waals surface area contributed by atoms with Gasteiger partial charge in [0.05, 0.1) is 12.5 Å². The minimum Gasteiger partial charge on any atom is -0.494 e. The van der Waals surface area contributed by atoms with Crippen LogP contribution in [-0.2, 0) is 4.79 Å².